The number of non-ortho nitro benzene ring substituents is 2. The first kappa shape index (κ1) is 24.9. The van der Waals surface area contributed by atoms with E-state index >= 15 is 0 Å². The van der Waals surface area contributed by atoms with Gasteiger partial charge < -0.3 is 19.9 Å². The monoisotopic (exact) mass is 554 g/mol. The van der Waals surface area contributed by atoms with Crippen LogP contribution in [-0.4, -0.2) is 29.8 Å². The fourth-order valence-electron chi connectivity index (χ4n) is 5.37. The van der Waals surface area contributed by atoms with E-state index in [1.165, 1.54) is 12.1 Å². The molecule has 204 valence electrons. The minimum absolute atomic E-state index is 0.0183. The number of nitro groups is 2. The fraction of sp³-hybridized carbons (Fsp3) is 0. The van der Waals surface area contributed by atoms with Gasteiger partial charge in [0.05, 0.1) is 9.85 Å². The van der Waals surface area contributed by atoms with Gasteiger partial charge in [-0.1, -0.05) is 24.3 Å². The lowest BCUT2D eigenvalue weighted by atomic mass is 10.0. The van der Waals surface area contributed by atoms with E-state index in [0.717, 1.165) is 55.3 Å². The number of nitro benzene ring substituents is 2. The molecule has 6 aromatic rings. The standard InChI is InChI=1S/C32H22N6O4/c39-37(40)25-5-1-3-19(15-25)31-27-11-9-23(34-27)17-21-7-8-22(33-21)18-24-10-12-28(35-24)32(30-14-13-29(31)36-30)20-4-2-6-26(16-20)38(41)42/h1-18,33-36H. The van der Waals surface area contributed by atoms with Crippen molar-refractivity contribution < 1.29 is 9.85 Å². The number of hydrogen-bond donors (Lipinski definition) is 4. The van der Waals surface area contributed by atoms with Crippen molar-refractivity contribution in [1.29, 1.82) is 0 Å². The third-order valence-corrected chi connectivity index (χ3v) is 7.22. The van der Waals surface area contributed by atoms with E-state index in [9.17, 15) is 20.2 Å². The highest BCUT2D eigenvalue weighted by Gasteiger charge is 2.17. The van der Waals surface area contributed by atoms with Crippen molar-refractivity contribution in [1.82, 2.24) is 19.9 Å². The molecule has 42 heavy (non-hydrogen) atoms. The zero-order valence-corrected chi connectivity index (χ0v) is 21.9. The van der Waals surface area contributed by atoms with Gasteiger partial charge in [0, 0.05) is 79.6 Å². The number of fused-ring (bicyclic) bond motifs is 8. The highest BCUT2D eigenvalue weighted by atomic mass is 16.6. The Labute approximate surface area is 237 Å². The van der Waals surface area contributed by atoms with E-state index in [0.29, 0.717) is 11.1 Å². The molecule has 7 rings (SSSR count). The highest BCUT2D eigenvalue weighted by molar-refractivity contribution is 5.81. The Morgan fingerprint density at radius 3 is 1.43 bits per heavy atom. The van der Waals surface area contributed by atoms with E-state index in [-0.39, 0.29) is 11.4 Å². The summed E-state index contributed by atoms with van der Waals surface area (Å²) >= 11 is 0. The van der Waals surface area contributed by atoms with E-state index in [2.05, 4.69) is 19.9 Å². The lowest BCUT2D eigenvalue weighted by Gasteiger charge is -2.07. The van der Waals surface area contributed by atoms with Gasteiger partial charge in [0.15, 0.2) is 0 Å². The van der Waals surface area contributed by atoms with E-state index in [4.69, 9.17) is 0 Å². The second kappa shape index (κ2) is 9.79. The number of H-pyrrole nitrogens is 4. The largest absolute Gasteiger partial charge is 0.355 e. The van der Waals surface area contributed by atoms with Crippen LogP contribution in [0, 0.1) is 20.2 Å². The number of aromatic nitrogens is 4. The van der Waals surface area contributed by atoms with Gasteiger partial charge in [-0.2, -0.15) is 0 Å². The Morgan fingerprint density at radius 1 is 0.500 bits per heavy atom. The summed E-state index contributed by atoms with van der Waals surface area (Å²) < 4.78 is 0. The molecule has 0 saturated heterocycles. The van der Waals surface area contributed by atoms with Gasteiger partial charge in [-0.05, 0) is 71.8 Å². The van der Waals surface area contributed by atoms with Gasteiger partial charge in [0.25, 0.3) is 11.4 Å². The van der Waals surface area contributed by atoms with Crippen LogP contribution in [-0.2, 0) is 0 Å². The summed E-state index contributed by atoms with van der Waals surface area (Å²) in [6, 6.07) is 28.6. The van der Waals surface area contributed by atoms with Crippen molar-refractivity contribution in [3.05, 3.63) is 173 Å². The molecule has 0 amide bonds. The van der Waals surface area contributed by atoms with Gasteiger partial charge in [-0.15, -0.1) is 0 Å². The quantitative estimate of drug-likeness (QED) is 0.195. The van der Waals surface area contributed by atoms with Crippen molar-refractivity contribution in [2.45, 2.75) is 0 Å². The van der Waals surface area contributed by atoms with E-state index in [1.54, 1.807) is 24.3 Å². The predicted octanol–water partition coefficient (Wildman–Crippen LogP) is 3.28. The minimum Gasteiger partial charge on any atom is -0.355 e. The van der Waals surface area contributed by atoms with Gasteiger partial charge in [-0.3, -0.25) is 20.2 Å². The molecule has 0 atom stereocenters. The topological polar surface area (TPSA) is 149 Å². The summed E-state index contributed by atoms with van der Waals surface area (Å²) in [6.07, 6.45) is 3.98. The Bertz CT molecular complexity index is 2120. The van der Waals surface area contributed by atoms with Crippen LogP contribution < -0.4 is 21.4 Å². The summed E-state index contributed by atoms with van der Waals surface area (Å²) in [7, 11) is 0. The molecule has 0 fully saturated rings. The normalized spacial score (nSPS) is 12.5. The van der Waals surface area contributed by atoms with Crippen LogP contribution in [0.4, 0.5) is 11.4 Å². The van der Waals surface area contributed by atoms with E-state index in [1.807, 2.05) is 72.8 Å². The lowest BCUT2D eigenvalue weighted by Crippen LogP contribution is -2.18. The van der Waals surface area contributed by atoms with Crippen molar-refractivity contribution >= 4 is 34.7 Å². The first-order valence-corrected chi connectivity index (χ1v) is 13.1. The molecule has 1 aliphatic heterocycles. The highest BCUT2D eigenvalue weighted by Crippen LogP contribution is 2.26. The molecule has 0 radical (unpaired) electrons. The summed E-state index contributed by atoms with van der Waals surface area (Å²) in [6.45, 7) is 0. The van der Waals surface area contributed by atoms with Crippen LogP contribution in [0.25, 0.3) is 23.3 Å². The average molecular weight is 555 g/mol. The summed E-state index contributed by atoms with van der Waals surface area (Å²) in [5.41, 5.74) is 5.98. The number of benzene rings is 2. The third kappa shape index (κ3) is 4.52. The fourth-order valence-corrected chi connectivity index (χ4v) is 5.37. The minimum atomic E-state index is -0.412. The molecule has 0 saturated carbocycles. The predicted molar refractivity (Wildman–Crippen MR) is 158 cm³/mol. The summed E-state index contributed by atoms with van der Waals surface area (Å²) in [4.78, 5) is 36.3. The van der Waals surface area contributed by atoms with Crippen molar-refractivity contribution in [3.63, 3.8) is 0 Å². The first-order chi connectivity index (χ1) is 20.4. The number of hydrogen-bond acceptors (Lipinski definition) is 4. The number of rotatable bonds is 4. The molecule has 1 aliphatic rings. The molecular formula is C32H22N6O4. The molecule has 10 nitrogen and oxygen atoms in total. The maximum atomic E-state index is 11.6. The summed E-state index contributed by atoms with van der Waals surface area (Å²) in [5.74, 6) is 0. The molecule has 8 bridgehead atoms. The van der Waals surface area contributed by atoms with Gasteiger partial charge in [0.1, 0.15) is 0 Å². The summed E-state index contributed by atoms with van der Waals surface area (Å²) in [5, 5.41) is 26.5. The Kier molecular flexibility index (Phi) is 5.79. The third-order valence-electron chi connectivity index (χ3n) is 7.22. The molecule has 2 aromatic carbocycles. The van der Waals surface area contributed by atoms with E-state index < -0.39 is 9.85 Å². The lowest BCUT2D eigenvalue weighted by molar-refractivity contribution is -0.385. The number of nitrogens with zero attached hydrogens (tertiary/aromatic N) is 2. The van der Waals surface area contributed by atoms with Crippen molar-refractivity contribution in [2.24, 2.45) is 0 Å². The van der Waals surface area contributed by atoms with Crippen LogP contribution in [0.2, 0.25) is 0 Å². The first-order valence-electron chi connectivity index (χ1n) is 13.1. The Hall–Kier alpha value is -6.16. The van der Waals surface area contributed by atoms with Gasteiger partial charge >= 0.3 is 0 Å². The van der Waals surface area contributed by atoms with Crippen molar-refractivity contribution in [3.8, 4) is 0 Å². The van der Waals surface area contributed by atoms with Crippen LogP contribution >= 0.6 is 0 Å². The van der Waals surface area contributed by atoms with Crippen LogP contribution in [0.3, 0.4) is 0 Å². The molecule has 4 N–H and O–H groups in total. The second-order valence-electron chi connectivity index (χ2n) is 9.96. The molecule has 0 aliphatic carbocycles. The Balaban J connectivity index is 1.59. The molecule has 5 heterocycles. The maximum absolute atomic E-state index is 11.6. The molecule has 4 aromatic heterocycles. The van der Waals surface area contributed by atoms with Gasteiger partial charge in [-0.25, -0.2) is 0 Å². The Morgan fingerprint density at radius 2 is 0.976 bits per heavy atom. The van der Waals surface area contributed by atoms with Crippen LogP contribution in [0.1, 0.15) is 33.9 Å². The SMILES string of the molecule is O=[N+]([O-])c1cccc(C2=c3ccc([nH]3)=C(c3cccc([N+](=O)[O-])c3)c3ccc([nH]3)C=c3ccc([nH]3)=Cc3ccc2[nH]3)c1. The van der Waals surface area contributed by atoms with Gasteiger partial charge in [0.2, 0.25) is 0 Å². The molecule has 0 unspecified atom stereocenters. The van der Waals surface area contributed by atoms with Crippen molar-refractivity contribution in [2.75, 3.05) is 0 Å². The zero-order chi connectivity index (χ0) is 28.8. The molecule has 0 spiro atoms. The molecule has 10 heteroatoms. The molecular weight excluding hydrogens is 532 g/mol. The number of aromatic amines is 4. The average Bonchev–Trinajstić information content (AvgIpc) is 3.80. The zero-order valence-electron chi connectivity index (χ0n) is 21.9. The maximum Gasteiger partial charge on any atom is 0.270 e. The van der Waals surface area contributed by atoms with Crippen LogP contribution in [0.15, 0.2) is 97.1 Å². The number of nitrogens with one attached hydrogen (secondary N) is 4. The second-order valence-corrected chi connectivity index (χ2v) is 9.96. The smallest absolute Gasteiger partial charge is 0.270 e. The van der Waals surface area contributed by atoms with Crippen LogP contribution in [0.5, 0.6) is 0 Å².